The van der Waals surface area contributed by atoms with Gasteiger partial charge in [-0.1, -0.05) is 23.2 Å². The molecule has 4 atom stereocenters. The smallest absolute Gasteiger partial charge is 0.414 e. The van der Waals surface area contributed by atoms with Gasteiger partial charge in [0.1, 0.15) is 11.8 Å². The molecule has 0 spiro atoms. The van der Waals surface area contributed by atoms with Gasteiger partial charge in [0.05, 0.1) is 24.7 Å². The summed E-state index contributed by atoms with van der Waals surface area (Å²) in [6.07, 6.45) is -1.54. The van der Waals surface area contributed by atoms with E-state index in [2.05, 4.69) is 5.32 Å². The largest absolute Gasteiger partial charge is 0.481 e. The number of nitrogens with zero attached hydrogens (tertiary/aromatic N) is 2. The fourth-order valence-electron chi connectivity index (χ4n) is 4.22. The van der Waals surface area contributed by atoms with Crippen LogP contribution in [0.2, 0.25) is 0 Å². The fraction of sp³-hybridized carbons (Fsp3) is 0.500. The number of carboxylic acid groups (broad SMARTS) is 1. The molecule has 30 heavy (non-hydrogen) atoms. The zero-order valence-electron chi connectivity index (χ0n) is 15.4. The number of halogens is 4. The number of cyclic esters (lactones) is 1. The number of piperidine rings is 1. The first-order chi connectivity index (χ1) is 14.2. The van der Waals surface area contributed by atoms with Gasteiger partial charge in [-0.15, -0.1) is 0 Å². The van der Waals surface area contributed by atoms with Crippen molar-refractivity contribution < 1.29 is 33.0 Å². The molecule has 1 aromatic rings. The molecule has 0 aromatic heterocycles. The lowest BCUT2D eigenvalue weighted by atomic mass is 10.2. The second-order valence-corrected chi connectivity index (χ2v) is 8.61. The number of carbonyl (C=O) groups is 3. The highest BCUT2D eigenvalue weighted by atomic mass is 35.5. The molecule has 2 saturated heterocycles. The van der Waals surface area contributed by atoms with Crippen LogP contribution in [0, 0.1) is 29.4 Å². The predicted molar refractivity (Wildman–Crippen MR) is 103 cm³/mol. The first kappa shape index (κ1) is 20.9. The van der Waals surface area contributed by atoms with Crippen molar-refractivity contribution in [3.8, 4) is 0 Å². The standard InChI is InChI=1S/C18H17Cl2F2N3O5/c19-15(20)16(26)23-3-8-4-25(18(29)30-8)7-1-11(21)14(12(22)2-7)24-5-9-10(6-24)13(9)17(27)28/h1-2,8-10,13,15H,3-6H2,(H,23,26)(H,27,28)/t8-,9+,10?,13?/m0/s1. The highest BCUT2D eigenvalue weighted by Crippen LogP contribution is 2.53. The van der Waals surface area contributed by atoms with Gasteiger partial charge in [-0.05, 0) is 11.8 Å². The van der Waals surface area contributed by atoms with Gasteiger partial charge >= 0.3 is 12.1 Å². The van der Waals surface area contributed by atoms with Crippen molar-refractivity contribution in [3.05, 3.63) is 23.8 Å². The van der Waals surface area contributed by atoms with Gasteiger partial charge in [-0.3, -0.25) is 14.5 Å². The van der Waals surface area contributed by atoms with Crippen LogP contribution in [0.5, 0.6) is 0 Å². The molecule has 2 N–H and O–H groups in total. The molecule has 3 aliphatic rings. The Morgan fingerprint density at radius 2 is 1.80 bits per heavy atom. The van der Waals surface area contributed by atoms with Crippen LogP contribution < -0.4 is 15.1 Å². The van der Waals surface area contributed by atoms with Crippen LogP contribution in [0.25, 0.3) is 0 Å². The molecule has 12 heteroatoms. The van der Waals surface area contributed by atoms with Gasteiger partial charge in [0.2, 0.25) is 0 Å². The topological polar surface area (TPSA) is 99.2 Å². The number of amides is 2. The van der Waals surface area contributed by atoms with Crippen molar-refractivity contribution in [2.75, 3.05) is 36.0 Å². The summed E-state index contributed by atoms with van der Waals surface area (Å²) in [5, 5.41) is 11.5. The Morgan fingerprint density at radius 1 is 1.20 bits per heavy atom. The third-order valence-electron chi connectivity index (χ3n) is 5.68. The van der Waals surface area contributed by atoms with Gasteiger partial charge in [0.25, 0.3) is 5.91 Å². The van der Waals surface area contributed by atoms with Crippen molar-refractivity contribution in [3.63, 3.8) is 0 Å². The number of carboxylic acids is 1. The number of rotatable bonds is 6. The Labute approximate surface area is 179 Å². The minimum absolute atomic E-state index is 0.0205. The predicted octanol–water partition coefficient (Wildman–Crippen LogP) is 1.98. The number of hydrogen-bond acceptors (Lipinski definition) is 5. The summed E-state index contributed by atoms with van der Waals surface area (Å²) in [4.78, 5) is 35.9. The van der Waals surface area contributed by atoms with E-state index in [1.54, 1.807) is 0 Å². The molecule has 2 amide bonds. The van der Waals surface area contributed by atoms with Crippen LogP contribution in [0.1, 0.15) is 0 Å². The molecule has 8 nitrogen and oxygen atoms in total. The van der Waals surface area contributed by atoms with E-state index >= 15 is 0 Å². The van der Waals surface area contributed by atoms with Crippen LogP contribution in [0.3, 0.4) is 0 Å². The molecule has 1 saturated carbocycles. The molecular weight excluding hydrogens is 447 g/mol. The van der Waals surface area contributed by atoms with Gasteiger partial charge in [0, 0.05) is 25.2 Å². The Balaban J connectivity index is 1.43. The number of aliphatic carboxylic acids is 1. The number of fused-ring (bicyclic) bond motifs is 1. The Morgan fingerprint density at radius 3 is 2.33 bits per heavy atom. The first-order valence-electron chi connectivity index (χ1n) is 9.18. The quantitative estimate of drug-likeness (QED) is 0.625. The van der Waals surface area contributed by atoms with Gasteiger partial charge in [0.15, 0.2) is 16.5 Å². The van der Waals surface area contributed by atoms with E-state index in [1.165, 1.54) is 4.90 Å². The summed E-state index contributed by atoms with van der Waals surface area (Å²) in [7, 11) is 0. The van der Waals surface area contributed by atoms with E-state index in [-0.39, 0.29) is 49.4 Å². The monoisotopic (exact) mass is 463 g/mol. The minimum atomic E-state index is -1.27. The van der Waals surface area contributed by atoms with Crippen molar-refractivity contribution in [1.82, 2.24) is 5.32 Å². The third-order valence-corrected chi connectivity index (χ3v) is 6.08. The SMILES string of the molecule is O=C(NC[C@H]1CN(c2cc(F)c(N3CC4C(C(=O)O)[C@@H]4C3)c(F)c2)C(=O)O1)C(Cl)Cl. The van der Waals surface area contributed by atoms with Crippen LogP contribution in [-0.2, 0) is 14.3 Å². The molecule has 3 fully saturated rings. The van der Waals surface area contributed by atoms with Crippen LogP contribution in [-0.4, -0.2) is 60.2 Å². The number of nitrogens with one attached hydrogen (secondary N) is 1. The summed E-state index contributed by atoms with van der Waals surface area (Å²) in [6.45, 7) is 0.455. The second kappa shape index (κ2) is 7.73. The molecule has 0 radical (unpaired) electrons. The zero-order chi connectivity index (χ0) is 21.7. The average molecular weight is 464 g/mol. The maximum Gasteiger partial charge on any atom is 0.414 e. The zero-order valence-corrected chi connectivity index (χ0v) is 16.9. The number of hydrogen-bond donors (Lipinski definition) is 2. The van der Waals surface area contributed by atoms with Crippen molar-refractivity contribution >= 4 is 52.5 Å². The molecule has 4 rings (SSSR count). The molecule has 0 bridgehead atoms. The van der Waals surface area contributed by atoms with Gasteiger partial charge < -0.3 is 20.1 Å². The van der Waals surface area contributed by atoms with E-state index in [0.29, 0.717) is 0 Å². The maximum atomic E-state index is 14.7. The number of alkyl halides is 2. The van der Waals surface area contributed by atoms with Crippen LogP contribution >= 0.6 is 23.2 Å². The van der Waals surface area contributed by atoms with Crippen molar-refractivity contribution in [2.45, 2.75) is 10.9 Å². The first-order valence-corrected chi connectivity index (χ1v) is 10.1. The Bertz CT molecular complexity index is 883. The van der Waals surface area contributed by atoms with Crippen LogP contribution in [0.4, 0.5) is 25.0 Å². The number of carbonyl (C=O) groups excluding carboxylic acids is 2. The van der Waals surface area contributed by atoms with Gasteiger partial charge in [-0.25, -0.2) is 13.6 Å². The lowest BCUT2D eigenvalue weighted by molar-refractivity contribution is -0.139. The number of anilines is 2. The Hall–Kier alpha value is -2.33. The summed E-state index contributed by atoms with van der Waals surface area (Å²) < 4.78 is 34.5. The summed E-state index contributed by atoms with van der Waals surface area (Å²) >= 11 is 10.8. The molecular formula is C18H17Cl2F2N3O5. The molecule has 162 valence electrons. The lowest BCUT2D eigenvalue weighted by Crippen LogP contribution is -2.37. The van der Waals surface area contributed by atoms with Gasteiger partial charge in [-0.2, -0.15) is 0 Å². The molecule has 1 aromatic carbocycles. The summed E-state index contributed by atoms with van der Waals surface area (Å²) in [5.41, 5.74) is -0.255. The average Bonchev–Trinajstić information content (AvgIpc) is 2.98. The van der Waals surface area contributed by atoms with E-state index in [4.69, 9.17) is 33.0 Å². The second-order valence-electron chi connectivity index (χ2n) is 7.52. The molecule has 2 heterocycles. The third kappa shape index (κ3) is 3.74. The van der Waals surface area contributed by atoms with E-state index < -0.39 is 46.5 Å². The van der Waals surface area contributed by atoms with Crippen molar-refractivity contribution in [1.29, 1.82) is 0 Å². The van der Waals surface area contributed by atoms with E-state index in [0.717, 1.165) is 17.0 Å². The molecule has 1 aliphatic carbocycles. The normalized spacial score (nSPS) is 27.3. The number of ether oxygens (including phenoxy) is 1. The summed E-state index contributed by atoms with van der Waals surface area (Å²) in [6, 6.07) is 2.07. The van der Waals surface area contributed by atoms with Crippen molar-refractivity contribution in [2.24, 2.45) is 17.8 Å². The molecule has 2 unspecified atom stereocenters. The fourth-order valence-corrected chi connectivity index (χ4v) is 4.37. The highest BCUT2D eigenvalue weighted by molar-refractivity contribution is 6.53. The van der Waals surface area contributed by atoms with Crippen LogP contribution in [0.15, 0.2) is 12.1 Å². The van der Waals surface area contributed by atoms with E-state index in [9.17, 15) is 23.2 Å². The molecule has 2 aliphatic heterocycles. The summed E-state index contributed by atoms with van der Waals surface area (Å²) in [5.74, 6) is -3.90. The van der Waals surface area contributed by atoms with E-state index in [1.807, 2.05) is 0 Å². The minimum Gasteiger partial charge on any atom is -0.481 e. The Kier molecular flexibility index (Phi) is 5.39. The lowest BCUT2D eigenvalue weighted by Gasteiger charge is -2.24. The number of benzene rings is 1. The maximum absolute atomic E-state index is 14.7. The highest BCUT2D eigenvalue weighted by Gasteiger charge is 2.60.